The van der Waals surface area contributed by atoms with Gasteiger partial charge in [0.25, 0.3) is 10.0 Å². The minimum Gasteiger partial charge on any atom is -0.334 e. The average molecular weight is 291 g/mol. The van der Waals surface area contributed by atoms with Crippen LogP contribution < -0.4 is 0 Å². The summed E-state index contributed by atoms with van der Waals surface area (Å²) in [5.41, 5.74) is 2.14. The van der Waals surface area contributed by atoms with Gasteiger partial charge in [0, 0.05) is 25.3 Å². The van der Waals surface area contributed by atoms with Gasteiger partial charge in [-0.05, 0) is 25.0 Å². The molecule has 1 aliphatic rings. The van der Waals surface area contributed by atoms with E-state index >= 15 is 0 Å². The van der Waals surface area contributed by atoms with E-state index in [2.05, 4.69) is 4.98 Å². The third-order valence-electron chi connectivity index (χ3n) is 3.59. The predicted octanol–water partition coefficient (Wildman–Crippen LogP) is 2.17. The van der Waals surface area contributed by atoms with E-state index in [0.29, 0.717) is 13.1 Å². The fourth-order valence-corrected chi connectivity index (χ4v) is 3.66. The highest BCUT2D eigenvalue weighted by Gasteiger charge is 2.32. The molecular weight excluding hydrogens is 274 g/mol. The molecule has 0 saturated heterocycles. The molecule has 5 nitrogen and oxygen atoms in total. The molecule has 0 bridgehead atoms. The Kier molecular flexibility index (Phi) is 3.14. The monoisotopic (exact) mass is 291 g/mol. The molecule has 0 saturated carbocycles. The summed E-state index contributed by atoms with van der Waals surface area (Å²) < 4.78 is 28.5. The van der Waals surface area contributed by atoms with Crippen LogP contribution in [0.25, 0.3) is 0 Å². The predicted molar refractivity (Wildman–Crippen MR) is 75.5 cm³/mol. The minimum atomic E-state index is -3.52. The number of imidazole rings is 1. The molecule has 0 radical (unpaired) electrons. The summed E-state index contributed by atoms with van der Waals surface area (Å²) in [7, 11) is -3.52. The fourth-order valence-electron chi connectivity index (χ4n) is 2.34. The van der Waals surface area contributed by atoms with Crippen molar-refractivity contribution in [3.8, 4) is 0 Å². The molecule has 0 atom stereocenters. The first kappa shape index (κ1) is 13.3. The van der Waals surface area contributed by atoms with Crippen molar-refractivity contribution in [3.05, 3.63) is 47.9 Å². The van der Waals surface area contributed by atoms with Crippen LogP contribution in [0, 0.1) is 0 Å². The first-order chi connectivity index (χ1) is 9.48. The van der Waals surface area contributed by atoms with Crippen LogP contribution in [0.15, 0.2) is 41.8 Å². The van der Waals surface area contributed by atoms with E-state index in [1.807, 2.05) is 38.1 Å². The van der Waals surface area contributed by atoms with Crippen molar-refractivity contribution in [2.24, 2.45) is 0 Å². The summed E-state index contributed by atoms with van der Waals surface area (Å²) in [6.45, 7) is 4.83. The second kappa shape index (κ2) is 4.71. The topological polar surface area (TPSA) is 55.2 Å². The van der Waals surface area contributed by atoms with Crippen LogP contribution in [-0.4, -0.2) is 22.3 Å². The lowest BCUT2D eigenvalue weighted by molar-refractivity contribution is 0.429. The molecule has 1 aliphatic heterocycles. The van der Waals surface area contributed by atoms with Crippen molar-refractivity contribution in [2.75, 3.05) is 0 Å². The van der Waals surface area contributed by atoms with Crippen LogP contribution >= 0.6 is 0 Å². The number of hydrogen-bond acceptors (Lipinski definition) is 3. The minimum absolute atomic E-state index is 0.124. The Morgan fingerprint density at radius 3 is 2.25 bits per heavy atom. The molecule has 0 aliphatic carbocycles. The Balaban J connectivity index is 1.90. The standard InChI is InChI=1S/C14H17N3O2S/c1-11(2)16-9-14(15-10-16)20(18,19)17-7-12-5-3-4-6-13(12)8-17/h3-6,9-11H,7-8H2,1-2H3. The summed E-state index contributed by atoms with van der Waals surface area (Å²) in [4.78, 5) is 4.05. The summed E-state index contributed by atoms with van der Waals surface area (Å²) in [5.74, 6) is 0. The van der Waals surface area contributed by atoms with Gasteiger partial charge in [-0.25, -0.2) is 13.4 Å². The molecular formula is C14H17N3O2S. The summed E-state index contributed by atoms with van der Waals surface area (Å²) in [6, 6.07) is 8.00. The van der Waals surface area contributed by atoms with E-state index in [1.54, 1.807) is 17.1 Å². The lowest BCUT2D eigenvalue weighted by atomic mass is 10.1. The summed E-state index contributed by atoms with van der Waals surface area (Å²) >= 11 is 0. The molecule has 0 amide bonds. The normalized spacial score (nSPS) is 15.8. The van der Waals surface area contributed by atoms with Gasteiger partial charge in [0.05, 0.1) is 6.33 Å². The van der Waals surface area contributed by atoms with Crippen LogP contribution in [0.4, 0.5) is 0 Å². The van der Waals surface area contributed by atoms with Gasteiger partial charge < -0.3 is 4.57 Å². The van der Waals surface area contributed by atoms with Gasteiger partial charge in [0.15, 0.2) is 5.03 Å². The van der Waals surface area contributed by atoms with E-state index in [1.165, 1.54) is 4.31 Å². The smallest absolute Gasteiger partial charge is 0.262 e. The van der Waals surface area contributed by atoms with Gasteiger partial charge in [0.2, 0.25) is 0 Å². The van der Waals surface area contributed by atoms with Crippen LogP contribution in [0.3, 0.4) is 0 Å². The maximum Gasteiger partial charge on any atom is 0.262 e. The Morgan fingerprint density at radius 2 is 1.75 bits per heavy atom. The number of fused-ring (bicyclic) bond motifs is 1. The second-order valence-electron chi connectivity index (χ2n) is 5.29. The summed E-state index contributed by atoms with van der Waals surface area (Å²) in [5, 5.41) is 0.124. The number of hydrogen-bond donors (Lipinski definition) is 0. The lowest BCUT2D eigenvalue weighted by Crippen LogP contribution is -2.26. The van der Waals surface area contributed by atoms with E-state index in [0.717, 1.165) is 11.1 Å². The van der Waals surface area contributed by atoms with E-state index in [9.17, 15) is 8.42 Å². The van der Waals surface area contributed by atoms with Gasteiger partial charge in [-0.2, -0.15) is 4.31 Å². The molecule has 0 fully saturated rings. The van der Waals surface area contributed by atoms with Crippen molar-refractivity contribution in [1.82, 2.24) is 13.9 Å². The third-order valence-corrected chi connectivity index (χ3v) is 5.27. The lowest BCUT2D eigenvalue weighted by Gasteiger charge is -2.13. The zero-order chi connectivity index (χ0) is 14.3. The number of sulfonamides is 1. The molecule has 1 aromatic heterocycles. The maximum absolute atomic E-state index is 12.6. The van der Waals surface area contributed by atoms with Gasteiger partial charge in [-0.15, -0.1) is 0 Å². The average Bonchev–Trinajstić information content (AvgIpc) is 3.06. The van der Waals surface area contributed by atoms with Crippen LogP contribution in [-0.2, 0) is 23.1 Å². The maximum atomic E-state index is 12.6. The quantitative estimate of drug-likeness (QED) is 0.871. The van der Waals surface area contributed by atoms with Crippen molar-refractivity contribution >= 4 is 10.0 Å². The number of rotatable bonds is 3. The number of nitrogens with zero attached hydrogens (tertiary/aromatic N) is 3. The number of aromatic nitrogens is 2. The molecule has 0 unspecified atom stereocenters. The SMILES string of the molecule is CC(C)n1cnc(S(=O)(=O)N2Cc3ccccc3C2)c1. The van der Waals surface area contributed by atoms with Crippen molar-refractivity contribution in [3.63, 3.8) is 0 Å². The van der Waals surface area contributed by atoms with Crippen molar-refractivity contribution < 1.29 is 8.42 Å². The highest BCUT2D eigenvalue weighted by atomic mass is 32.2. The molecule has 2 aromatic rings. The molecule has 6 heteroatoms. The zero-order valence-corrected chi connectivity index (χ0v) is 12.3. The molecule has 20 heavy (non-hydrogen) atoms. The van der Waals surface area contributed by atoms with Crippen LogP contribution in [0.2, 0.25) is 0 Å². The van der Waals surface area contributed by atoms with Crippen molar-refractivity contribution in [2.45, 2.75) is 38.0 Å². The first-order valence-electron chi connectivity index (χ1n) is 6.59. The second-order valence-corrected chi connectivity index (χ2v) is 7.18. The van der Waals surface area contributed by atoms with Gasteiger partial charge >= 0.3 is 0 Å². The first-order valence-corrected chi connectivity index (χ1v) is 8.03. The fraction of sp³-hybridized carbons (Fsp3) is 0.357. The highest BCUT2D eigenvalue weighted by molar-refractivity contribution is 7.89. The molecule has 0 N–H and O–H groups in total. The van der Waals surface area contributed by atoms with Crippen LogP contribution in [0.1, 0.15) is 31.0 Å². The third kappa shape index (κ3) is 2.14. The molecule has 2 heterocycles. The Hall–Kier alpha value is -1.66. The molecule has 1 aromatic carbocycles. The van der Waals surface area contributed by atoms with Gasteiger partial charge in [0.1, 0.15) is 0 Å². The largest absolute Gasteiger partial charge is 0.334 e. The van der Waals surface area contributed by atoms with E-state index in [-0.39, 0.29) is 11.1 Å². The Labute approximate surface area is 118 Å². The van der Waals surface area contributed by atoms with E-state index < -0.39 is 10.0 Å². The summed E-state index contributed by atoms with van der Waals surface area (Å²) in [6.07, 6.45) is 3.17. The molecule has 106 valence electrons. The zero-order valence-electron chi connectivity index (χ0n) is 11.5. The molecule has 3 rings (SSSR count). The Bertz CT molecular complexity index is 709. The van der Waals surface area contributed by atoms with E-state index in [4.69, 9.17) is 0 Å². The number of benzene rings is 1. The van der Waals surface area contributed by atoms with Crippen LogP contribution in [0.5, 0.6) is 0 Å². The Morgan fingerprint density at radius 1 is 1.15 bits per heavy atom. The van der Waals surface area contributed by atoms with Gasteiger partial charge in [-0.1, -0.05) is 24.3 Å². The highest BCUT2D eigenvalue weighted by Crippen LogP contribution is 2.27. The van der Waals surface area contributed by atoms with Crippen molar-refractivity contribution in [1.29, 1.82) is 0 Å². The molecule has 0 spiro atoms. The van der Waals surface area contributed by atoms with Gasteiger partial charge in [-0.3, -0.25) is 0 Å².